The van der Waals surface area contributed by atoms with Crippen molar-refractivity contribution >= 4 is 5.91 Å². The van der Waals surface area contributed by atoms with Gasteiger partial charge in [-0.2, -0.15) is 0 Å². The first-order valence-corrected chi connectivity index (χ1v) is 7.19. The fourth-order valence-corrected chi connectivity index (χ4v) is 2.45. The molecule has 1 saturated heterocycles. The molecule has 0 bridgehead atoms. The Balaban J connectivity index is 1.69. The number of hydrogen-bond donors (Lipinski definition) is 3. The number of nitrogens with one attached hydrogen (secondary N) is 1. The first-order valence-electron chi connectivity index (χ1n) is 7.19. The number of phenols is 1. The molecule has 0 saturated carbocycles. The number of phenolic OH excluding ortho intramolecular Hbond substituents is 1. The summed E-state index contributed by atoms with van der Waals surface area (Å²) in [5.74, 6) is 0.106. The normalized spacial score (nSPS) is 17.1. The van der Waals surface area contributed by atoms with Gasteiger partial charge in [-0.1, -0.05) is 12.1 Å². The lowest BCUT2D eigenvalue weighted by Gasteiger charge is -2.16. The summed E-state index contributed by atoms with van der Waals surface area (Å²) in [7, 11) is 0. The molecule has 1 fully saturated rings. The zero-order chi connectivity index (χ0) is 14.4. The number of carbonyl (C=O) groups is 1. The molecule has 1 aliphatic rings. The Bertz CT molecular complexity index is 427. The average molecular weight is 277 g/mol. The maximum Gasteiger partial charge on any atom is 0.237 e. The van der Waals surface area contributed by atoms with Gasteiger partial charge in [0.1, 0.15) is 5.75 Å². The van der Waals surface area contributed by atoms with Crippen molar-refractivity contribution in [3.63, 3.8) is 0 Å². The Morgan fingerprint density at radius 2 is 1.95 bits per heavy atom. The van der Waals surface area contributed by atoms with Crippen LogP contribution in [-0.4, -0.2) is 48.1 Å². The summed E-state index contributed by atoms with van der Waals surface area (Å²) < 4.78 is 0. The molecule has 1 aliphatic heterocycles. The maximum absolute atomic E-state index is 11.9. The van der Waals surface area contributed by atoms with Gasteiger partial charge in [0.25, 0.3) is 0 Å². The Hall–Kier alpha value is -1.59. The van der Waals surface area contributed by atoms with E-state index in [4.69, 9.17) is 5.73 Å². The van der Waals surface area contributed by atoms with Crippen molar-refractivity contribution in [1.29, 1.82) is 0 Å². The fourth-order valence-electron chi connectivity index (χ4n) is 2.45. The smallest absolute Gasteiger partial charge is 0.237 e. The van der Waals surface area contributed by atoms with E-state index in [0.717, 1.165) is 25.2 Å². The second-order valence-corrected chi connectivity index (χ2v) is 5.32. The number of rotatable bonds is 6. The predicted molar refractivity (Wildman–Crippen MR) is 78.5 cm³/mol. The van der Waals surface area contributed by atoms with Crippen LogP contribution >= 0.6 is 0 Å². The predicted octanol–water partition coefficient (Wildman–Crippen LogP) is 0.474. The van der Waals surface area contributed by atoms with E-state index in [-0.39, 0.29) is 11.7 Å². The number of nitrogens with zero attached hydrogens (tertiary/aromatic N) is 1. The summed E-state index contributed by atoms with van der Waals surface area (Å²) in [5, 5.41) is 12.1. The molecular formula is C15H23N3O2. The molecule has 5 heteroatoms. The summed E-state index contributed by atoms with van der Waals surface area (Å²) in [5.41, 5.74) is 6.84. The summed E-state index contributed by atoms with van der Waals surface area (Å²) in [4.78, 5) is 14.2. The number of likely N-dealkylation sites (tertiary alicyclic amines) is 1. The summed E-state index contributed by atoms with van der Waals surface area (Å²) >= 11 is 0. The molecule has 1 aromatic rings. The molecule has 0 spiro atoms. The van der Waals surface area contributed by atoms with Crippen LogP contribution in [0.2, 0.25) is 0 Å². The van der Waals surface area contributed by atoms with Gasteiger partial charge in [0.05, 0.1) is 6.04 Å². The molecule has 1 atom stereocenters. The molecule has 2 rings (SSSR count). The number of hydrogen-bond acceptors (Lipinski definition) is 4. The molecule has 5 nitrogen and oxygen atoms in total. The van der Waals surface area contributed by atoms with Crippen molar-refractivity contribution in [3.8, 4) is 5.75 Å². The van der Waals surface area contributed by atoms with Crippen LogP contribution in [0, 0.1) is 0 Å². The van der Waals surface area contributed by atoms with Gasteiger partial charge < -0.3 is 21.1 Å². The zero-order valence-corrected chi connectivity index (χ0v) is 11.7. The summed E-state index contributed by atoms with van der Waals surface area (Å²) in [6.45, 7) is 3.82. The lowest BCUT2D eigenvalue weighted by atomic mass is 10.1. The van der Waals surface area contributed by atoms with E-state index < -0.39 is 6.04 Å². The van der Waals surface area contributed by atoms with Crippen molar-refractivity contribution in [1.82, 2.24) is 10.2 Å². The number of aromatic hydroxyl groups is 1. The lowest BCUT2D eigenvalue weighted by molar-refractivity contribution is -0.122. The third-order valence-electron chi connectivity index (χ3n) is 3.65. The van der Waals surface area contributed by atoms with E-state index in [2.05, 4.69) is 10.2 Å². The van der Waals surface area contributed by atoms with Crippen LogP contribution < -0.4 is 11.1 Å². The van der Waals surface area contributed by atoms with Gasteiger partial charge >= 0.3 is 0 Å². The highest BCUT2D eigenvalue weighted by Gasteiger charge is 2.15. The van der Waals surface area contributed by atoms with Gasteiger partial charge in [-0.05, 0) is 50.0 Å². The van der Waals surface area contributed by atoms with Crippen LogP contribution in [0.1, 0.15) is 18.4 Å². The van der Waals surface area contributed by atoms with Gasteiger partial charge in [-0.15, -0.1) is 0 Å². The molecular weight excluding hydrogens is 254 g/mol. The van der Waals surface area contributed by atoms with Crippen molar-refractivity contribution in [3.05, 3.63) is 29.8 Å². The quantitative estimate of drug-likeness (QED) is 0.706. The Morgan fingerprint density at radius 1 is 1.30 bits per heavy atom. The monoisotopic (exact) mass is 277 g/mol. The van der Waals surface area contributed by atoms with E-state index in [1.165, 1.54) is 12.8 Å². The highest BCUT2D eigenvalue weighted by atomic mass is 16.3. The van der Waals surface area contributed by atoms with Gasteiger partial charge in [0.2, 0.25) is 5.91 Å². The molecule has 0 aliphatic carbocycles. The SMILES string of the molecule is NC(Cc1ccc(O)cc1)C(=O)NCCN1CCCC1. The average Bonchev–Trinajstić information content (AvgIpc) is 2.94. The maximum atomic E-state index is 11.9. The van der Waals surface area contributed by atoms with Crippen molar-refractivity contribution in [2.75, 3.05) is 26.2 Å². The molecule has 1 aromatic carbocycles. The van der Waals surface area contributed by atoms with Crippen LogP contribution in [0.25, 0.3) is 0 Å². The molecule has 4 N–H and O–H groups in total. The molecule has 20 heavy (non-hydrogen) atoms. The molecule has 1 heterocycles. The first kappa shape index (κ1) is 14.8. The van der Waals surface area contributed by atoms with Gasteiger partial charge in [-0.25, -0.2) is 0 Å². The number of benzene rings is 1. The fraction of sp³-hybridized carbons (Fsp3) is 0.533. The Labute approximate surface area is 119 Å². The van der Waals surface area contributed by atoms with E-state index in [1.807, 2.05) is 0 Å². The minimum atomic E-state index is -0.543. The van der Waals surface area contributed by atoms with E-state index >= 15 is 0 Å². The second kappa shape index (κ2) is 7.26. The standard InChI is InChI=1S/C15H23N3O2/c16-14(11-12-3-5-13(19)6-4-12)15(20)17-7-10-18-8-1-2-9-18/h3-6,14,19H,1-2,7-11,16H2,(H,17,20). The molecule has 1 unspecified atom stereocenters. The molecule has 0 aromatic heterocycles. The van der Waals surface area contributed by atoms with Crippen LogP contribution in [0.15, 0.2) is 24.3 Å². The summed E-state index contributed by atoms with van der Waals surface area (Å²) in [6, 6.07) is 6.23. The van der Waals surface area contributed by atoms with Crippen molar-refractivity contribution in [2.24, 2.45) is 5.73 Å². The van der Waals surface area contributed by atoms with E-state index in [1.54, 1.807) is 24.3 Å². The number of carbonyl (C=O) groups excluding carboxylic acids is 1. The van der Waals surface area contributed by atoms with Crippen LogP contribution in [-0.2, 0) is 11.2 Å². The van der Waals surface area contributed by atoms with Gasteiger partial charge in [0, 0.05) is 13.1 Å². The molecule has 0 radical (unpaired) electrons. The van der Waals surface area contributed by atoms with Gasteiger partial charge in [-0.3, -0.25) is 4.79 Å². The first-order chi connectivity index (χ1) is 9.65. The van der Waals surface area contributed by atoms with Crippen LogP contribution in [0.3, 0.4) is 0 Å². The topological polar surface area (TPSA) is 78.6 Å². The number of nitrogens with two attached hydrogens (primary N) is 1. The molecule has 1 amide bonds. The van der Waals surface area contributed by atoms with E-state index in [9.17, 15) is 9.90 Å². The minimum Gasteiger partial charge on any atom is -0.508 e. The minimum absolute atomic E-state index is 0.114. The highest BCUT2D eigenvalue weighted by molar-refractivity contribution is 5.81. The third kappa shape index (κ3) is 4.51. The van der Waals surface area contributed by atoms with Crippen LogP contribution in [0.5, 0.6) is 5.75 Å². The van der Waals surface area contributed by atoms with E-state index in [0.29, 0.717) is 13.0 Å². The Kier molecular flexibility index (Phi) is 5.38. The second-order valence-electron chi connectivity index (χ2n) is 5.32. The number of amides is 1. The lowest BCUT2D eigenvalue weighted by Crippen LogP contribution is -2.44. The van der Waals surface area contributed by atoms with Crippen molar-refractivity contribution < 1.29 is 9.90 Å². The zero-order valence-electron chi connectivity index (χ0n) is 11.7. The van der Waals surface area contributed by atoms with Gasteiger partial charge in [0.15, 0.2) is 0 Å². The summed E-state index contributed by atoms with van der Waals surface area (Å²) in [6.07, 6.45) is 3.00. The third-order valence-corrected chi connectivity index (χ3v) is 3.65. The Morgan fingerprint density at radius 3 is 2.60 bits per heavy atom. The highest BCUT2D eigenvalue weighted by Crippen LogP contribution is 2.11. The van der Waals surface area contributed by atoms with Crippen molar-refractivity contribution in [2.45, 2.75) is 25.3 Å². The van der Waals surface area contributed by atoms with Crippen LogP contribution in [0.4, 0.5) is 0 Å². The largest absolute Gasteiger partial charge is 0.508 e. The molecule has 110 valence electrons.